The van der Waals surface area contributed by atoms with E-state index in [1.165, 1.54) is 42.8 Å². The van der Waals surface area contributed by atoms with E-state index < -0.39 is 0 Å². The van der Waals surface area contributed by atoms with Gasteiger partial charge in [0.25, 0.3) is 0 Å². The van der Waals surface area contributed by atoms with Crippen molar-refractivity contribution in [1.29, 1.82) is 0 Å². The molecule has 0 aromatic carbocycles. The van der Waals surface area contributed by atoms with Crippen molar-refractivity contribution in [2.75, 3.05) is 46.0 Å². The van der Waals surface area contributed by atoms with Crippen molar-refractivity contribution in [2.24, 2.45) is 5.41 Å². The van der Waals surface area contributed by atoms with E-state index in [9.17, 15) is 0 Å². The first kappa shape index (κ1) is 19.3. The van der Waals surface area contributed by atoms with E-state index in [0.717, 1.165) is 51.4 Å². The third kappa shape index (κ3) is 3.74. The van der Waals surface area contributed by atoms with Gasteiger partial charge in [0.05, 0.1) is 18.8 Å². The van der Waals surface area contributed by atoms with Gasteiger partial charge in [0, 0.05) is 54.5 Å². The number of likely N-dealkylation sites (tertiary alicyclic amines) is 1. The molecule has 0 radical (unpaired) electrons. The van der Waals surface area contributed by atoms with E-state index in [1.807, 2.05) is 18.1 Å². The largest absolute Gasteiger partial charge is 0.381 e. The normalized spacial score (nSPS) is 33.4. The lowest BCUT2D eigenvalue weighted by Gasteiger charge is -2.38. The second kappa shape index (κ2) is 7.55. The molecule has 4 aliphatic heterocycles. The van der Waals surface area contributed by atoms with Gasteiger partial charge in [-0.3, -0.25) is 9.88 Å². The van der Waals surface area contributed by atoms with Crippen LogP contribution in [0, 0.1) is 19.3 Å². The average Bonchev–Trinajstić information content (AvgIpc) is 3.42. The fraction of sp³-hybridized carbons (Fsp3) is 0.773. The zero-order valence-corrected chi connectivity index (χ0v) is 18.1. The predicted octanol–water partition coefficient (Wildman–Crippen LogP) is 3.44. The van der Waals surface area contributed by atoms with E-state index in [4.69, 9.17) is 9.47 Å². The molecule has 4 fully saturated rings. The number of ether oxygens (including phenoxy) is 2. The Bertz CT molecular complexity index is 714. The van der Waals surface area contributed by atoms with Crippen molar-refractivity contribution in [3.63, 3.8) is 0 Å². The molecule has 5 rings (SSSR count). The van der Waals surface area contributed by atoms with Gasteiger partial charge in [0.2, 0.25) is 0 Å². The quantitative estimate of drug-likeness (QED) is 0.720. The van der Waals surface area contributed by atoms with Crippen LogP contribution in [0.3, 0.4) is 0 Å². The van der Waals surface area contributed by atoms with E-state index in [2.05, 4.69) is 34.1 Å². The molecule has 154 valence electrons. The first-order chi connectivity index (χ1) is 13.5. The summed E-state index contributed by atoms with van der Waals surface area (Å²) in [7, 11) is 0. The van der Waals surface area contributed by atoms with Gasteiger partial charge in [0.1, 0.15) is 0 Å². The second-order valence-corrected chi connectivity index (χ2v) is 10.6. The summed E-state index contributed by atoms with van der Waals surface area (Å²) in [6.45, 7) is 11.8. The Morgan fingerprint density at radius 1 is 1.14 bits per heavy atom. The Morgan fingerprint density at radius 2 is 2.00 bits per heavy atom. The van der Waals surface area contributed by atoms with Gasteiger partial charge in [-0.05, 0) is 76.1 Å². The third-order valence-corrected chi connectivity index (χ3v) is 8.67. The number of hydrogen-bond donors (Lipinski definition) is 0. The van der Waals surface area contributed by atoms with Crippen LogP contribution in [0.15, 0.2) is 17.2 Å². The predicted molar refractivity (Wildman–Crippen MR) is 112 cm³/mol. The first-order valence-electron chi connectivity index (χ1n) is 10.9. The molecular weight excluding hydrogens is 370 g/mol. The zero-order valence-electron chi connectivity index (χ0n) is 17.3. The van der Waals surface area contributed by atoms with Crippen molar-refractivity contribution in [1.82, 2.24) is 14.2 Å². The smallest absolute Gasteiger partial charge is 0.0724 e. The molecule has 4 aliphatic rings. The third-order valence-electron chi connectivity index (χ3n) is 7.42. The summed E-state index contributed by atoms with van der Waals surface area (Å²) in [5, 5.41) is 0. The van der Waals surface area contributed by atoms with Crippen LogP contribution in [0.25, 0.3) is 0 Å². The van der Waals surface area contributed by atoms with Gasteiger partial charge < -0.3 is 9.47 Å². The van der Waals surface area contributed by atoms with Gasteiger partial charge in [-0.1, -0.05) is 0 Å². The average molecular weight is 404 g/mol. The van der Waals surface area contributed by atoms with Gasteiger partial charge in [0.15, 0.2) is 0 Å². The Hall–Kier alpha value is -0.660. The Balaban J connectivity index is 1.15. The summed E-state index contributed by atoms with van der Waals surface area (Å²) in [6, 6.07) is 2.79. The van der Waals surface area contributed by atoms with Crippen LogP contribution in [0.4, 0.5) is 0 Å². The molecule has 0 bridgehead atoms. The summed E-state index contributed by atoms with van der Waals surface area (Å²) in [5.74, 6) is 0. The highest BCUT2D eigenvalue weighted by molar-refractivity contribution is 7.97. The summed E-state index contributed by atoms with van der Waals surface area (Å²) >= 11 is 1.87. The van der Waals surface area contributed by atoms with Crippen molar-refractivity contribution in [3.05, 3.63) is 23.5 Å². The first-order valence-corrected chi connectivity index (χ1v) is 11.6. The molecule has 4 saturated heterocycles. The maximum Gasteiger partial charge on any atom is 0.0724 e. The van der Waals surface area contributed by atoms with Crippen molar-refractivity contribution < 1.29 is 9.47 Å². The lowest BCUT2D eigenvalue weighted by Crippen LogP contribution is -2.43. The molecule has 5 heterocycles. The van der Waals surface area contributed by atoms with E-state index in [-0.39, 0.29) is 5.60 Å². The SMILES string of the molecule is Cc1cc(C)c(SN2CCC3(CC2)CC(N2CCC4(CCOC4)C2)CO3)cn1. The molecule has 2 atom stereocenters. The zero-order chi connectivity index (χ0) is 19.2. The van der Waals surface area contributed by atoms with Crippen LogP contribution < -0.4 is 0 Å². The molecule has 6 heteroatoms. The molecule has 5 nitrogen and oxygen atoms in total. The molecule has 1 aromatic rings. The monoisotopic (exact) mass is 403 g/mol. The number of aryl methyl sites for hydroxylation is 2. The minimum atomic E-state index is 0.115. The van der Waals surface area contributed by atoms with E-state index in [1.54, 1.807) is 0 Å². The fourth-order valence-corrected chi connectivity index (χ4v) is 6.51. The van der Waals surface area contributed by atoms with Crippen molar-refractivity contribution in [2.45, 2.75) is 62.5 Å². The number of pyridine rings is 1. The van der Waals surface area contributed by atoms with Crippen LogP contribution in [-0.2, 0) is 9.47 Å². The molecule has 1 aromatic heterocycles. The van der Waals surface area contributed by atoms with Crippen LogP contribution in [0.2, 0.25) is 0 Å². The molecule has 28 heavy (non-hydrogen) atoms. The minimum Gasteiger partial charge on any atom is -0.381 e. The Morgan fingerprint density at radius 3 is 2.75 bits per heavy atom. The van der Waals surface area contributed by atoms with Gasteiger partial charge >= 0.3 is 0 Å². The number of hydrogen-bond acceptors (Lipinski definition) is 6. The second-order valence-electron chi connectivity index (χ2n) is 9.49. The highest BCUT2D eigenvalue weighted by Crippen LogP contribution is 2.44. The fourth-order valence-electron chi connectivity index (χ4n) is 5.56. The minimum absolute atomic E-state index is 0.115. The summed E-state index contributed by atoms with van der Waals surface area (Å²) in [4.78, 5) is 8.47. The summed E-state index contributed by atoms with van der Waals surface area (Å²) in [6.07, 6.45) is 8.10. The van der Waals surface area contributed by atoms with Crippen molar-refractivity contribution >= 4 is 11.9 Å². The number of aromatic nitrogens is 1. The Kier molecular flexibility index (Phi) is 5.21. The summed E-state index contributed by atoms with van der Waals surface area (Å²) in [5.41, 5.74) is 2.99. The molecule has 0 saturated carbocycles. The molecule has 0 aliphatic carbocycles. The van der Waals surface area contributed by atoms with Gasteiger partial charge in [-0.15, -0.1) is 0 Å². The van der Waals surface area contributed by atoms with Gasteiger partial charge in [-0.2, -0.15) is 0 Å². The van der Waals surface area contributed by atoms with Crippen LogP contribution in [-0.4, -0.2) is 71.8 Å². The van der Waals surface area contributed by atoms with E-state index >= 15 is 0 Å². The maximum absolute atomic E-state index is 6.47. The van der Waals surface area contributed by atoms with Crippen LogP contribution in [0.1, 0.15) is 43.4 Å². The lowest BCUT2D eigenvalue weighted by molar-refractivity contribution is -0.0305. The number of nitrogens with zero attached hydrogens (tertiary/aromatic N) is 3. The molecule has 0 N–H and O–H groups in total. The lowest BCUT2D eigenvalue weighted by atomic mass is 9.86. The molecular formula is C22H33N3O2S. The highest BCUT2D eigenvalue weighted by atomic mass is 32.2. The standard InChI is InChI=1S/C22H33N3O2S/c1-17-11-18(2)23-13-20(17)28-25-8-4-22(5-9-25)12-19(14-27-22)24-7-3-21(15-24)6-10-26-16-21/h11,13,19H,3-10,12,14-16H2,1-2H3. The highest BCUT2D eigenvalue weighted by Gasteiger charge is 2.49. The van der Waals surface area contributed by atoms with E-state index in [0.29, 0.717) is 11.5 Å². The topological polar surface area (TPSA) is 37.8 Å². The number of rotatable bonds is 3. The number of piperidine rings is 1. The maximum atomic E-state index is 6.47. The molecule has 2 unspecified atom stereocenters. The Labute approximate surface area is 173 Å². The summed E-state index contributed by atoms with van der Waals surface area (Å²) < 4.78 is 14.7. The molecule has 0 amide bonds. The van der Waals surface area contributed by atoms with Crippen LogP contribution in [0.5, 0.6) is 0 Å². The van der Waals surface area contributed by atoms with Crippen LogP contribution >= 0.6 is 11.9 Å². The molecule has 2 spiro atoms. The van der Waals surface area contributed by atoms with Gasteiger partial charge in [-0.25, -0.2) is 4.31 Å². The van der Waals surface area contributed by atoms with Crippen molar-refractivity contribution in [3.8, 4) is 0 Å².